The lowest BCUT2D eigenvalue weighted by molar-refractivity contribution is -0.145. The largest absolute Gasteiger partial charge is 0.368 e. The smallest absolute Gasteiger partial charge is 0.256 e. The SMILES string of the molecule is O=C(C1CC1)N1CCc2nc([C@@H]3CCCCN3C(=O)[C@H]3CCCO3)[nH]c(=O)c2C1. The minimum Gasteiger partial charge on any atom is -0.368 e. The molecule has 3 aliphatic heterocycles. The van der Waals surface area contributed by atoms with Crippen molar-refractivity contribution in [3.63, 3.8) is 0 Å². The molecular weight excluding hydrogens is 372 g/mol. The van der Waals surface area contributed by atoms with Crippen LogP contribution in [0.2, 0.25) is 0 Å². The maximum atomic E-state index is 13.0. The quantitative estimate of drug-likeness (QED) is 0.825. The number of carbonyl (C=O) groups is 2. The number of hydrogen-bond acceptors (Lipinski definition) is 5. The molecular formula is C21H28N4O4. The van der Waals surface area contributed by atoms with Crippen LogP contribution >= 0.6 is 0 Å². The zero-order valence-corrected chi connectivity index (χ0v) is 16.7. The van der Waals surface area contributed by atoms with Crippen LogP contribution in [-0.4, -0.2) is 57.4 Å². The molecule has 29 heavy (non-hydrogen) atoms. The highest BCUT2D eigenvalue weighted by atomic mass is 16.5. The molecule has 1 aromatic heterocycles. The van der Waals surface area contributed by atoms with Gasteiger partial charge in [-0.05, 0) is 44.9 Å². The van der Waals surface area contributed by atoms with E-state index in [1.54, 1.807) is 4.90 Å². The molecule has 156 valence electrons. The lowest BCUT2D eigenvalue weighted by atomic mass is 9.99. The highest BCUT2D eigenvalue weighted by molar-refractivity contribution is 5.82. The van der Waals surface area contributed by atoms with E-state index in [1.165, 1.54) is 0 Å². The van der Waals surface area contributed by atoms with Crippen molar-refractivity contribution >= 4 is 11.8 Å². The van der Waals surface area contributed by atoms with Crippen molar-refractivity contribution in [2.45, 2.75) is 70.1 Å². The van der Waals surface area contributed by atoms with E-state index in [0.717, 1.165) is 50.6 Å². The molecule has 0 aromatic carbocycles. The molecule has 8 nitrogen and oxygen atoms in total. The van der Waals surface area contributed by atoms with Crippen LogP contribution in [0.25, 0.3) is 0 Å². The zero-order chi connectivity index (χ0) is 20.0. The van der Waals surface area contributed by atoms with Gasteiger partial charge in [-0.25, -0.2) is 4.98 Å². The Labute approximate surface area is 169 Å². The van der Waals surface area contributed by atoms with Gasteiger partial charge in [-0.2, -0.15) is 0 Å². The number of ether oxygens (including phenoxy) is 1. The second-order valence-corrected chi connectivity index (χ2v) is 8.71. The average Bonchev–Trinajstić information content (AvgIpc) is 3.46. The number of carbonyl (C=O) groups excluding carboxylic acids is 2. The molecule has 2 amide bonds. The first-order chi connectivity index (χ1) is 14.1. The fourth-order valence-electron chi connectivity index (χ4n) is 4.82. The molecule has 4 heterocycles. The van der Waals surface area contributed by atoms with Crippen LogP contribution in [0.4, 0.5) is 0 Å². The Morgan fingerprint density at radius 3 is 2.66 bits per heavy atom. The normalized spacial score (nSPS) is 27.0. The molecule has 3 fully saturated rings. The molecule has 4 aliphatic rings. The monoisotopic (exact) mass is 400 g/mol. The van der Waals surface area contributed by atoms with Crippen LogP contribution in [0.3, 0.4) is 0 Å². The minimum absolute atomic E-state index is 0.0220. The standard InChI is InChI=1S/C21H28N4O4/c26-19-14-12-24(20(27)13-6-7-13)10-8-15(14)22-18(23-19)16-4-1-2-9-25(16)21(28)17-5-3-11-29-17/h13,16-17H,1-12H2,(H,22,23,26)/t16-,17+/m0/s1. The van der Waals surface area contributed by atoms with Gasteiger partial charge in [0.15, 0.2) is 0 Å². The average molecular weight is 400 g/mol. The van der Waals surface area contributed by atoms with Crippen molar-refractivity contribution in [3.05, 3.63) is 27.4 Å². The third kappa shape index (κ3) is 3.58. The number of aromatic nitrogens is 2. The van der Waals surface area contributed by atoms with Gasteiger partial charge >= 0.3 is 0 Å². The Morgan fingerprint density at radius 2 is 1.90 bits per heavy atom. The van der Waals surface area contributed by atoms with E-state index in [9.17, 15) is 14.4 Å². The number of nitrogens with one attached hydrogen (secondary N) is 1. The van der Waals surface area contributed by atoms with Crippen LogP contribution in [0.5, 0.6) is 0 Å². The molecule has 2 saturated heterocycles. The Hall–Kier alpha value is -2.22. The number of fused-ring (bicyclic) bond motifs is 1. The Bertz CT molecular complexity index is 872. The summed E-state index contributed by atoms with van der Waals surface area (Å²) in [6.45, 7) is 2.27. The van der Waals surface area contributed by atoms with Gasteiger partial charge in [0.2, 0.25) is 5.91 Å². The van der Waals surface area contributed by atoms with Crippen LogP contribution in [0.15, 0.2) is 4.79 Å². The van der Waals surface area contributed by atoms with Crippen LogP contribution < -0.4 is 5.56 Å². The maximum Gasteiger partial charge on any atom is 0.256 e. The van der Waals surface area contributed by atoms with E-state index in [4.69, 9.17) is 9.72 Å². The lowest BCUT2D eigenvalue weighted by Crippen LogP contribution is -2.45. The van der Waals surface area contributed by atoms with Crippen molar-refractivity contribution in [1.29, 1.82) is 0 Å². The van der Waals surface area contributed by atoms with Gasteiger partial charge in [0.1, 0.15) is 11.9 Å². The summed E-state index contributed by atoms with van der Waals surface area (Å²) in [6, 6.07) is -0.204. The summed E-state index contributed by atoms with van der Waals surface area (Å²) < 4.78 is 5.60. The molecule has 0 bridgehead atoms. The van der Waals surface area contributed by atoms with E-state index in [1.807, 2.05) is 4.90 Å². The van der Waals surface area contributed by atoms with E-state index < -0.39 is 0 Å². The first-order valence-electron chi connectivity index (χ1n) is 10.9. The molecule has 1 aromatic rings. The minimum atomic E-state index is -0.359. The highest BCUT2D eigenvalue weighted by Gasteiger charge is 2.38. The van der Waals surface area contributed by atoms with Crippen LogP contribution in [-0.2, 0) is 27.3 Å². The number of H-pyrrole nitrogens is 1. The summed E-state index contributed by atoms with van der Waals surface area (Å²) in [5, 5.41) is 0. The van der Waals surface area contributed by atoms with Crippen molar-refractivity contribution < 1.29 is 14.3 Å². The third-order valence-electron chi connectivity index (χ3n) is 6.63. The molecule has 5 rings (SSSR count). The topological polar surface area (TPSA) is 95.6 Å². The van der Waals surface area contributed by atoms with Crippen molar-refractivity contribution in [2.24, 2.45) is 5.92 Å². The Morgan fingerprint density at radius 1 is 1.03 bits per heavy atom. The summed E-state index contributed by atoms with van der Waals surface area (Å²) in [4.78, 5) is 49.6. The van der Waals surface area contributed by atoms with Crippen molar-refractivity contribution in [3.8, 4) is 0 Å². The van der Waals surface area contributed by atoms with Gasteiger partial charge in [0.25, 0.3) is 11.5 Å². The van der Waals surface area contributed by atoms with Gasteiger partial charge in [-0.3, -0.25) is 14.4 Å². The molecule has 0 spiro atoms. The fraction of sp³-hybridized carbons (Fsp3) is 0.714. The molecule has 0 radical (unpaired) electrons. The Kier molecular flexibility index (Phi) is 4.89. The van der Waals surface area contributed by atoms with Gasteiger partial charge < -0.3 is 19.5 Å². The van der Waals surface area contributed by atoms with Crippen LogP contribution in [0.1, 0.15) is 68.1 Å². The van der Waals surface area contributed by atoms with E-state index in [0.29, 0.717) is 44.0 Å². The number of amides is 2. The molecule has 1 aliphatic carbocycles. The van der Waals surface area contributed by atoms with Crippen molar-refractivity contribution in [1.82, 2.24) is 19.8 Å². The number of aromatic amines is 1. The summed E-state index contributed by atoms with van der Waals surface area (Å²) in [5.41, 5.74) is 1.20. The summed E-state index contributed by atoms with van der Waals surface area (Å²) in [5.74, 6) is 0.928. The van der Waals surface area contributed by atoms with Gasteiger partial charge in [-0.15, -0.1) is 0 Å². The molecule has 1 N–H and O–H groups in total. The van der Waals surface area contributed by atoms with Gasteiger partial charge in [0, 0.05) is 32.0 Å². The number of rotatable bonds is 3. The third-order valence-corrected chi connectivity index (χ3v) is 6.63. The lowest BCUT2D eigenvalue weighted by Gasteiger charge is -2.37. The maximum absolute atomic E-state index is 13.0. The van der Waals surface area contributed by atoms with Gasteiger partial charge in [0.05, 0.1) is 23.8 Å². The fourth-order valence-corrected chi connectivity index (χ4v) is 4.82. The highest BCUT2D eigenvalue weighted by Crippen LogP contribution is 2.33. The second-order valence-electron chi connectivity index (χ2n) is 8.71. The predicted molar refractivity (Wildman–Crippen MR) is 104 cm³/mol. The number of nitrogens with zero attached hydrogens (tertiary/aromatic N) is 3. The Balaban J connectivity index is 1.39. The summed E-state index contributed by atoms with van der Waals surface area (Å²) in [7, 11) is 0. The number of hydrogen-bond donors (Lipinski definition) is 1. The first-order valence-corrected chi connectivity index (χ1v) is 10.9. The summed E-state index contributed by atoms with van der Waals surface area (Å²) in [6.07, 6.45) is 6.61. The first kappa shape index (κ1) is 18.8. The molecule has 0 unspecified atom stereocenters. The molecule has 8 heteroatoms. The number of piperidine rings is 1. The summed E-state index contributed by atoms with van der Waals surface area (Å²) >= 11 is 0. The van der Waals surface area contributed by atoms with Gasteiger partial charge in [-0.1, -0.05) is 0 Å². The van der Waals surface area contributed by atoms with E-state index >= 15 is 0 Å². The van der Waals surface area contributed by atoms with Crippen LogP contribution in [0, 0.1) is 5.92 Å². The van der Waals surface area contributed by atoms with E-state index in [2.05, 4.69) is 4.98 Å². The second kappa shape index (κ2) is 7.55. The molecule has 1 saturated carbocycles. The van der Waals surface area contributed by atoms with Crippen molar-refractivity contribution in [2.75, 3.05) is 19.7 Å². The number of likely N-dealkylation sites (tertiary alicyclic amines) is 1. The van der Waals surface area contributed by atoms with E-state index in [-0.39, 0.29) is 35.4 Å². The predicted octanol–water partition coefficient (Wildman–Crippen LogP) is 1.30. The zero-order valence-electron chi connectivity index (χ0n) is 16.7. The molecule has 2 atom stereocenters.